The largest absolute Gasteiger partial charge is 0.494 e. The first-order valence-electron chi connectivity index (χ1n) is 7.50. The standard InChI is InChI=1S/C16H17ClF3N3O2/c1-4-25-12-7-5-11(6-8-12)21-15(24)10(3)23-9(2)13(17)14(22-23)16(18,19)20/h5-8,10H,4H2,1-3H3,(H,21,24). The van der Waals surface area contributed by atoms with Crippen molar-refractivity contribution in [1.82, 2.24) is 9.78 Å². The van der Waals surface area contributed by atoms with E-state index in [1.54, 1.807) is 24.3 Å². The van der Waals surface area contributed by atoms with Crippen LogP contribution < -0.4 is 10.1 Å². The summed E-state index contributed by atoms with van der Waals surface area (Å²) in [5.41, 5.74) is -0.636. The predicted molar refractivity (Wildman–Crippen MR) is 87.9 cm³/mol. The highest BCUT2D eigenvalue weighted by atomic mass is 35.5. The van der Waals surface area contributed by atoms with Crippen LogP contribution in [0.1, 0.15) is 31.3 Å². The van der Waals surface area contributed by atoms with Crippen molar-refractivity contribution >= 4 is 23.2 Å². The maximum absolute atomic E-state index is 12.9. The molecule has 136 valence electrons. The molecule has 1 amide bonds. The average Bonchev–Trinajstić information content (AvgIpc) is 2.84. The topological polar surface area (TPSA) is 56.1 Å². The van der Waals surface area contributed by atoms with E-state index in [2.05, 4.69) is 10.4 Å². The summed E-state index contributed by atoms with van der Waals surface area (Å²) < 4.78 is 44.9. The normalized spacial score (nSPS) is 12.8. The summed E-state index contributed by atoms with van der Waals surface area (Å²) in [4.78, 5) is 12.3. The highest BCUT2D eigenvalue weighted by Crippen LogP contribution is 2.36. The summed E-state index contributed by atoms with van der Waals surface area (Å²) in [5.74, 6) is 0.137. The molecular weight excluding hydrogens is 359 g/mol. The zero-order chi connectivity index (χ0) is 18.8. The molecule has 0 bridgehead atoms. The van der Waals surface area contributed by atoms with E-state index in [1.165, 1.54) is 13.8 Å². The number of alkyl halides is 3. The number of benzene rings is 1. The minimum Gasteiger partial charge on any atom is -0.494 e. The summed E-state index contributed by atoms with van der Waals surface area (Å²) in [7, 11) is 0. The molecule has 0 radical (unpaired) electrons. The van der Waals surface area contributed by atoms with E-state index in [4.69, 9.17) is 16.3 Å². The van der Waals surface area contributed by atoms with E-state index in [1.807, 2.05) is 6.92 Å². The predicted octanol–water partition coefficient (Wildman–Crippen LogP) is 4.46. The van der Waals surface area contributed by atoms with Gasteiger partial charge in [-0.3, -0.25) is 9.48 Å². The molecule has 9 heteroatoms. The van der Waals surface area contributed by atoms with Gasteiger partial charge in [-0.1, -0.05) is 11.6 Å². The van der Waals surface area contributed by atoms with Gasteiger partial charge in [0.2, 0.25) is 5.91 Å². The van der Waals surface area contributed by atoms with Gasteiger partial charge in [0.1, 0.15) is 11.8 Å². The molecule has 5 nitrogen and oxygen atoms in total. The zero-order valence-electron chi connectivity index (χ0n) is 13.8. The smallest absolute Gasteiger partial charge is 0.436 e. The van der Waals surface area contributed by atoms with Crippen LogP contribution >= 0.6 is 11.6 Å². The summed E-state index contributed by atoms with van der Waals surface area (Å²) in [5, 5.41) is 5.58. The average molecular weight is 376 g/mol. The van der Waals surface area contributed by atoms with Crippen LogP contribution in [0.25, 0.3) is 0 Å². The van der Waals surface area contributed by atoms with Gasteiger partial charge in [0.15, 0.2) is 5.69 Å². The molecular formula is C16H17ClF3N3O2. The highest BCUT2D eigenvalue weighted by molar-refractivity contribution is 6.32. The minimum atomic E-state index is -4.68. The van der Waals surface area contributed by atoms with Crippen LogP contribution in [-0.2, 0) is 11.0 Å². The molecule has 0 fully saturated rings. The number of carbonyl (C=O) groups excluding carboxylic acids is 1. The van der Waals surface area contributed by atoms with Gasteiger partial charge in [-0.25, -0.2) is 0 Å². The lowest BCUT2D eigenvalue weighted by Gasteiger charge is -2.15. The van der Waals surface area contributed by atoms with Gasteiger partial charge in [-0.2, -0.15) is 18.3 Å². The fraction of sp³-hybridized carbons (Fsp3) is 0.375. The molecule has 1 N–H and O–H groups in total. The molecule has 0 saturated heterocycles. The molecule has 0 saturated carbocycles. The third kappa shape index (κ3) is 4.25. The number of rotatable bonds is 5. The van der Waals surface area contributed by atoms with Crippen molar-refractivity contribution in [1.29, 1.82) is 0 Å². The SMILES string of the molecule is CCOc1ccc(NC(=O)C(C)n2nc(C(F)(F)F)c(Cl)c2C)cc1. The lowest BCUT2D eigenvalue weighted by molar-refractivity contribution is -0.141. The maximum Gasteiger partial charge on any atom is 0.436 e. The Balaban J connectivity index is 2.17. The van der Waals surface area contributed by atoms with Crippen molar-refractivity contribution in [2.45, 2.75) is 33.0 Å². The molecule has 1 unspecified atom stereocenters. The monoisotopic (exact) mass is 375 g/mol. The summed E-state index contributed by atoms with van der Waals surface area (Å²) >= 11 is 5.71. The van der Waals surface area contributed by atoms with Gasteiger partial charge in [0.25, 0.3) is 0 Å². The number of amides is 1. The van der Waals surface area contributed by atoms with E-state index < -0.39 is 28.8 Å². The molecule has 2 aromatic rings. The molecule has 0 aliphatic rings. The van der Waals surface area contributed by atoms with Crippen molar-refractivity contribution < 1.29 is 22.7 Å². The van der Waals surface area contributed by atoms with Crippen LogP contribution in [0.2, 0.25) is 5.02 Å². The number of hydrogen-bond donors (Lipinski definition) is 1. The van der Waals surface area contributed by atoms with Gasteiger partial charge < -0.3 is 10.1 Å². The lowest BCUT2D eigenvalue weighted by atomic mass is 10.2. The summed E-state index contributed by atoms with van der Waals surface area (Å²) in [6, 6.07) is 5.67. The molecule has 1 atom stereocenters. The lowest BCUT2D eigenvalue weighted by Crippen LogP contribution is -2.25. The number of hydrogen-bond acceptors (Lipinski definition) is 3. The second-order valence-corrected chi connectivity index (χ2v) is 5.69. The van der Waals surface area contributed by atoms with E-state index in [-0.39, 0.29) is 5.69 Å². The first kappa shape index (κ1) is 19.1. The molecule has 1 aromatic heterocycles. The molecule has 25 heavy (non-hydrogen) atoms. The second-order valence-electron chi connectivity index (χ2n) is 5.31. The van der Waals surface area contributed by atoms with Crippen LogP contribution in [0.3, 0.4) is 0 Å². The molecule has 1 heterocycles. The summed E-state index contributed by atoms with van der Waals surface area (Å²) in [6.45, 7) is 5.19. The van der Waals surface area contributed by atoms with Gasteiger partial charge in [0.05, 0.1) is 17.3 Å². The Kier molecular flexibility index (Phi) is 5.62. The Hall–Kier alpha value is -2.22. The first-order chi connectivity index (χ1) is 11.6. The number of nitrogens with one attached hydrogen (secondary N) is 1. The molecule has 2 rings (SSSR count). The number of anilines is 1. The van der Waals surface area contributed by atoms with Gasteiger partial charge >= 0.3 is 6.18 Å². The third-order valence-corrected chi connectivity index (χ3v) is 3.98. The van der Waals surface area contributed by atoms with E-state index in [9.17, 15) is 18.0 Å². The summed E-state index contributed by atoms with van der Waals surface area (Å²) in [6.07, 6.45) is -4.68. The first-order valence-corrected chi connectivity index (χ1v) is 7.88. The Morgan fingerprint density at radius 1 is 1.36 bits per heavy atom. The molecule has 1 aromatic carbocycles. The molecule has 0 aliphatic carbocycles. The van der Waals surface area contributed by atoms with Gasteiger partial charge in [-0.05, 0) is 45.0 Å². The van der Waals surface area contributed by atoms with Crippen LogP contribution in [0.5, 0.6) is 5.75 Å². The minimum absolute atomic E-state index is 0.0725. The number of aromatic nitrogens is 2. The number of carbonyl (C=O) groups is 1. The molecule has 0 aliphatic heterocycles. The van der Waals surface area contributed by atoms with Crippen molar-refractivity contribution in [3.8, 4) is 5.75 Å². The van der Waals surface area contributed by atoms with Crippen LogP contribution in [0.4, 0.5) is 18.9 Å². The van der Waals surface area contributed by atoms with Crippen molar-refractivity contribution in [2.75, 3.05) is 11.9 Å². The molecule has 0 spiro atoms. The fourth-order valence-corrected chi connectivity index (χ4v) is 2.45. The number of halogens is 4. The number of ether oxygens (including phenoxy) is 1. The zero-order valence-corrected chi connectivity index (χ0v) is 14.6. The van der Waals surface area contributed by atoms with Gasteiger partial charge in [-0.15, -0.1) is 0 Å². The van der Waals surface area contributed by atoms with Crippen LogP contribution in [-0.4, -0.2) is 22.3 Å². The van der Waals surface area contributed by atoms with E-state index in [0.29, 0.717) is 18.0 Å². The van der Waals surface area contributed by atoms with Crippen LogP contribution in [0, 0.1) is 6.92 Å². The van der Waals surface area contributed by atoms with E-state index >= 15 is 0 Å². The van der Waals surface area contributed by atoms with Crippen molar-refractivity contribution in [3.63, 3.8) is 0 Å². The quantitative estimate of drug-likeness (QED) is 0.839. The van der Waals surface area contributed by atoms with Crippen LogP contribution in [0.15, 0.2) is 24.3 Å². The number of nitrogens with zero attached hydrogens (tertiary/aromatic N) is 2. The van der Waals surface area contributed by atoms with E-state index in [0.717, 1.165) is 4.68 Å². The Morgan fingerprint density at radius 3 is 2.44 bits per heavy atom. The Morgan fingerprint density at radius 2 is 1.96 bits per heavy atom. The third-order valence-electron chi connectivity index (χ3n) is 3.52. The second kappa shape index (κ2) is 7.35. The Labute approximate surface area is 147 Å². The highest BCUT2D eigenvalue weighted by Gasteiger charge is 2.39. The van der Waals surface area contributed by atoms with Gasteiger partial charge in [0, 0.05) is 5.69 Å². The maximum atomic E-state index is 12.9. The fourth-order valence-electron chi connectivity index (χ4n) is 2.22. The van der Waals surface area contributed by atoms with Crippen molar-refractivity contribution in [3.05, 3.63) is 40.7 Å². The Bertz CT molecular complexity index is 757. The van der Waals surface area contributed by atoms with Crippen molar-refractivity contribution in [2.24, 2.45) is 0 Å².